The number of phenols is 1. The molecule has 3 aromatic rings. The lowest BCUT2D eigenvalue weighted by Crippen LogP contribution is -2.46. The SMILES string of the molecule is CS(=O)(=O)N1CCC(CO)(c2ccc3c(cnn3-c3cc(O)c(F)c(F)c3)c2)CC1. The quantitative estimate of drug-likeness (QED) is 0.653. The molecule has 2 aromatic carbocycles. The van der Waals surface area contributed by atoms with Crippen LogP contribution in [0.5, 0.6) is 5.75 Å². The van der Waals surface area contributed by atoms with Crippen molar-refractivity contribution >= 4 is 20.9 Å². The molecule has 0 unspecified atom stereocenters. The first kappa shape index (κ1) is 20.7. The molecule has 0 spiro atoms. The van der Waals surface area contributed by atoms with Gasteiger partial charge in [-0.1, -0.05) is 6.07 Å². The van der Waals surface area contributed by atoms with Crippen LogP contribution in [0.1, 0.15) is 18.4 Å². The number of sulfonamides is 1. The van der Waals surface area contributed by atoms with E-state index in [2.05, 4.69) is 5.10 Å². The molecule has 0 bridgehead atoms. The largest absolute Gasteiger partial charge is 0.505 e. The number of nitrogens with zero attached hydrogens (tertiary/aromatic N) is 3. The van der Waals surface area contributed by atoms with Gasteiger partial charge in [-0.2, -0.15) is 9.49 Å². The van der Waals surface area contributed by atoms with E-state index < -0.39 is 32.8 Å². The number of hydrogen-bond acceptors (Lipinski definition) is 5. The van der Waals surface area contributed by atoms with Crippen LogP contribution in [-0.2, 0) is 15.4 Å². The van der Waals surface area contributed by atoms with Gasteiger partial charge in [-0.3, -0.25) is 0 Å². The van der Waals surface area contributed by atoms with Crippen LogP contribution in [0.25, 0.3) is 16.6 Å². The normalized spacial score (nSPS) is 17.5. The summed E-state index contributed by atoms with van der Waals surface area (Å²) in [6.07, 6.45) is 3.70. The van der Waals surface area contributed by atoms with E-state index >= 15 is 0 Å². The van der Waals surface area contributed by atoms with Gasteiger partial charge in [0.05, 0.1) is 30.3 Å². The van der Waals surface area contributed by atoms with Gasteiger partial charge in [0, 0.05) is 36.0 Å². The maximum atomic E-state index is 13.7. The van der Waals surface area contributed by atoms with Crippen molar-refractivity contribution in [2.24, 2.45) is 0 Å². The third kappa shape index (κ3) is 3.44. The molecule has 0 saturated carbocycles. The number of aliphatic hydroxyl groups excluding tert-OH is 1. The Morgan fingerprint density at radius 2 is 1.87 bits per heavy atom. The van der Waals surface area contributed by atoms with E-state index in [0.29, 0.717) is 31.4 Å². The highest BCUT2D eigenvalue weighted by molar-refractivity contribution is 7.88. The molecule has 0 amide bonds. The summed E-state index contributed by atoms with van der Waals surface area (Å²) < 4.78 is 53.5. The molecule has 0 atom stereocenters. The Morgan fingerprint density at radius 3 is 2.47 bits per heavy atom. The smallest absolute Gasteiger partial charge is 0.211 e. The first-order valence-electron chi connectivity index (χ1n) is 9.37. The number of aromatic hydroxyl groups is 1. The van der Waals surface area contributed by atoms with E-state index in [1.807, 2.05) is 12.1 Å². The first-order chi connectivity index (χ1) is 14.1. The Bertz CT molecular complexity index is 1200. The molecule has 0 aliphatic carbocycles. The Morgan fingerprint density at radius 1 is 1.17 bits per heavy atom. The summed E-state index contributed by atoms with van der Waals surface area (Å²) in [4.78, 5) is 0. The van der Waals surface area contributed by atoms with Gasteiger partial charge in [0.15, 0.2) is 17.4 Å². The molecule has 30 heavy (non-hydrogen) atoms. The van der Waals surface area contributed by atoms with Crippen LogP contribution in [-0.4, -0.2) is 58.7 Å². The van der Waals surface area contributed by atoms with Crippen molar-refractivity contribution in [3.8, 4) is 11.4 Å². The maximum absolute atomic E-state index is 13.7. The maximum Gasteiger partial charge on any atom is 0.211 e. The fraction of sp³-hybridized carbons (Fsp3) is 0.350. The van der Waals surface area contributed by atoms with Gasteiger partial charge in [0.25, 0.3) is 0 Å². The molecular formula is C20H21F2N3O4S. The molecule has 160 valence electrons. The van der Waals surface area contributed by atoms with Crippen molar-refractivity contribution in [2.75, 3.05) is 26.0 Å². The minimum absolute atomic E-state index is 0.124. The van der Waals surface area contributed by atoms with Crippen LogP contribution in [0, 0.1) is 11.6 Å². The zero-order valence-corrected chi connectivity index (χ0v) is 17.0. The van der Waals surface area contributed by atoms with Crippen LogP contribution in [0.3, 0.4) is 0 Å². The monoisotopic (exact) mass is 437 g/mol. The number of piperidine rings is 1. The van der Waals surface area contributed by atoms with Gasteiger partial charge in [-0.05, 0) is 30.5 Å². The number of aliphatic hydroxyl groups is 1. The molecule has 1 fully saturated rings. The number of hydrogen-bond donors (Lipinski definition) is 2. The topological polar surface area (TPSA) is 95.7 Å². The summed E-state index contributed by atoms with van der Waals surface area (Å²) in [5.74, 6) is -3.30. The van der Waals surface area contributed by atoms with Gasteiger partial charge >= 0.3 is 0 Å². The van der Waals surface area contributed by atoms with Gasteiger partial charge in [-0.25, -0.2) is 21.8 Å². The van der Waals surface area contributed by atoms with E-state index in [0.717, 1.165) is 23.1 Å². The molecule has 1 aromatic heterocycles. The second kappa shape index (κ2) is 7.29. The summed E-state index contributed by atoms with van der Waals surface area (Å²) in [7, 11) is -3.28. The number of phenolic OH excluding ortho intramolecular Hbond substituents is 1. The van der Waals surface area contributed by atoms with Crippen molar-refractivity contribution in [3.63, 3.8) is 0 Å². The Balaban J connectivity index is 1.70. The summed E-state index contributed by atoms with van der Waals surface area (Å²) in [6.45, 7) is 0.525. The zero-order valence-electron chi connectivity index (χ0n) is 16.2. The number of benzene rings is 2. The Hall–Kier alpha value is -2.56. The molecule has 1 saturated heterocycles. The average Bonchev–Trinajstić information content (AvgIpc) is 3.14. The predicted molar refractivity (Wildman–Crippen MR) is 107 cm³/mol. The van der Waals surface area contributed by atoms with E-state index in [-0.39, 0.29) is 12.3 Å². The highest BCUT2D eigenvalue weighted by Gasteiger charge is 2.38. The summed E-state index contributed by atoms with van der Waals surface area (Å²) >= 11 is 0. The lowest BCUT2D eigenvalue weighted by Gasteiger charge is -2.40. The van der Waals surface area contributed by atoms with Crippen molar-refractivity contribution < 1.29 is 27.4 Å². The highest BCUT2D eigenvalue weighted by atomic mass is 32.2. The van der Waals surface area contributed by atoms with E-state index in [4.69, 9.17) is 0 Å². The molecule has 1 aliphatic rings. The molecule has 2 heterocycles. The molecule has 4 rings (SSSR count). The first-order valence-corrected chi connectivity index (χ1v) is 11.2. The number of fused-ring (bicyclic) bond motifs is 1. The predicted octanol–water partition coefficient (Wildman–Crippen LogP) is 2.29. The summed E-state index contributed by atoms with van der Waals surface area (Å²) in [5.41, 5.74) is 1.08. The van der Waals surface area contributed by atoms with E-state index in [9.17, 15) is 27.4 Å². The molecule has 2 N–H and O–H groups in total. The Kier molecular flexibility index (Phi) is 5.03. The van der Waals surface area contributed by atoms with E-state index in [1.165, 1.54) is 15.2 Å². The summed E-state index contributed by atoms with van der Waals surface area (Å²) in [5, 5.41) is 24.7. The van der Waals surface area contributed by atoms with Crippen LogP contribution in [0.2, 0.25) is 0 Å². The minimum atomic E-state index is -3.28. The number of aromatic nitrogens is 2. The second-order valence-corrected chi connectivity index (χ2v) is 9.67. The fourth-order valence-electron chi connectivity index (χ4n) is 4.04. The molecule has 10 heteroatoms. The minimum Gasteiger partial charge on any atom is -0.505 e. The Labute approximate surface area is 172 Å². The lowest BCUT2D eigenvalue weighted by atomic mass is 9.73. The molecule has 1 aliphatic heterocycles. The van der Waals surface area contributed by atoms with Crippen LogP contribution in [0.4, 0.5) is 8.78 Å². The van der Waals surface area contributed by atoms with Crippen LogP contribution in [0.15, 0.2) is 36.5 Å². The molecular weight excluding hydrogens is 416 g/mol. The zero-order chi connectivity index (χ0) is 21.7. The fourth-order valence-corrected chi connectivity index (χ4v) is 4.88. The summed E-state index contributed by atoms with van der Waals surface area (Å²) in [6, 6.07) is 7.49. The molecule has 7 nitrogen and oxygen atoms in total. The van der Waals surface area contributed by atoms with Crippen LogP contribution < -0.4 is 0 Å². The standard InChI is InChI=1S/C20H21F2N3O4S/c1-30(28,29)24-6-4-20(12-26,5-7-24)14-2-3-17-13(8-14)11-23-25(17)15-9-16(21)19(22)18(27)10-15/h2-3,8-11,26-27H,4-7,12H2,1H3. The van der Waals surface area contributed by atoms with Gasteiger partial charge in [0.2, 0.25) is 10.0 Å². The van der Waals surface area contributed by atoms with Crippen molar-refractivity contribution in [2.45, 2.75) is 18.3 Å². The van der Waals surface area contributed by atoms with Crippen LogP contribution >= 0.6 is 0 Å². The average molecular weight is 437 g/mol. The van der Waals surface area contributed by atoms with Gasteiger partial charge < -0.3 is 10.2 Å². The van der Waals surface area contributed by atoms with Crippen molar-refractivity contribution in [1.29, 1.82) is 0 Å². The lowest BCUT2D eigenvalue weighted by molar-refractivity contribution is 0.134. The third-order valence-electron chi connectivity index (χ3n) is 5.87. The van der Waals surface area contributed by atoms with Gasteiger partial charge in [0.1, 0.15) is 0 Å². The van der Waals surface area contributed by atoms with Crippen molar-refractivity contribution in [3.05, 3.63) is 53.7 Å². The number of halogens is 2. The second-order valence-electron chi connectivity index (χ2n) is 7.69. The van der Waals surface area contributed by atoms with Gasteiger partial charge in [-0.15, -0.1) is 0 Å². The molecule has 0 radical (unpaired) electrons. The van der Waals surface area contributed by atoms with E-state index in [1.54, 1.807) is 12.3 Å². The number of rotatable bonds is 4. The highest BCUT2D eigenvalue weighted by Crippen LogP contribution is 2.37. The third-order valence-corrected chi connectivity index (χ3v) is 7.17. The van der Waals surface area contributed by atoms with Crippen molar-refractivity contribution in [1.82, 2.24) is 14.1 Å².